The van der Waals surface area contributed by atoms with E-state index in [1.807, 2.05) is 6.20 Å². The maximum absolute atomic E-state index is 6.23. The smallest absolute Gasteiger partial charge is 0.399 e. The van der Waals surface area contributed by atoms with Crippen LogP contribution in [-0.4, -0.2) is 23.3 Å². The van der Waals surface area contributed by atoms with E-state index in [2.05, 4.69) is 47.6 Å². The fourth-order valence-electron chi connectivity index (χ4n) is 2.79. The highest BCUT2D eigenvalue weighted by atomic mass is 16.7. The molecule has 1 saturated heterocycles. The number of aromatic nitrogens is 1. The molecule has 114 valence electrons. The second-order valence-corrected chi connectivity index (χ2v) is 7.76. The van der Waals surface area contributed by atoms with Crippen LogP contribution in [0.3, 0.4) is 0 Å². The lowest BCUT2D eigenvalue weighted by atomic mass is 9.75. The quantitative estimate of drug-likeness (QED) is 0.799. The lowest BCUT2D eigenvalue weighted by molar-refractivity contribution is 0.00578. The number of hydrogen-bond acceptors (Lipinski definition) is 3. The predicted octanol–water partition coefficient (Wildman–Crippen LogP) is 3.38. The molecular weight excluding hydrogens is 261 g/mol. The molecule has 1 aromatic rings. The van der Waals surface area contributed by atoms with Crippen molar-refractivity contribution < 1.29 is 9.31 Å². The van der Waals surface area contributed by atoms with E-state index < -0.39 is 0 Å². The number of pyridine rings is 1. The summed E-state index contributed by atoms with van der Waals surface area (Å²) in [5, 5.41) is 0. The van der Waals surface area contributed by atoms with Crippen LogP contribution in [0.4, 0.5) is 0 Å². The maximum Gasteiger partial charge on any atom is 0.496 e. The molecule has 0 unspecified atom stereocenters. The monoisotopic (exact) mass is 287 g/mol. The molecule has 1 aliphatic heterocycles. The van der Waals surface area contributed by atoms with Gasteiger partial charge in [-0.25, -0.2) is 0 Å². The lowest BCUT2D eigenvalue weighted by Gasteiger charge is -2.32. The lowest BCUT2D eigenvalue weighted by Crippen LogP contribution is -2.41. The second-order valence-electron chi connectivity index (χ2n) is 7.76. The Morgan fingerprint density at radius 2 is 1.71 bits per heavy atom. The van der Waals surface area contributed by atoms with E-state index in [9.17, 15) is 0 Å². The van der Waals surface area contributed by atoms with Crippen molar-refractivity contribution in [3.8, 4) is 0 Å². The summed E-state index contributed by atoms with van der Waals surface area (Å²) in [5.74, 6) is 1.06. The summed E-state index contributed by atoms with van der Waals surface area (Å²) in [7, 11) is -0.307. The summed E-state index contributed by atoms with van der Waals surface area (Å²) in [6.45, 7) is 12.7. The van der Waals surface area contributed by atoms with Crippen molar-refractivity contribution in [2.45, 2.75) is 77.4 Å². The molecular formula is C17H26BNO2. The highest BCUT2D eigenvalue weighted by molar-refractivity contribution is 6.62. The van der Waals surface area contributed by atoms with Crippen LogP contribution in [0, 0.1) is 0 Å². The van der Waals surface area contributed by atoms with E-state index in [1.165, 1.54) is 18.4 Å². The Labute approximate surface area is 128 Å². The van der Waals surface area contributed by atoms with E-state index >= 15 is 0 Å². The van der Waals surface area contributed by atoms with E-state index in [4.69, 9.17) is 14.3 Å². The van der Waals surface area contributed by atoms with Crippen LogP contribution in [0.1, 0.15) is 77.5 Å². The standard InChI is InChI=1S/C17H26BNO2/c1-11(2)15-14(9-13(10-19-15)12-7-8-12)18-20-16(3,4)17(5,6)21-18/h9-12H,7-8H2,1-6H3. The molecule has 0 bridgehead atoms. The van der Waals surface area contributed by atoms with Crippen LogP contribution in [0.25, 0.3) is 0 Å². The second kappa shape index (κ2) is 4.82. The van der Waals surface area contributed by atoms with Gasteiger partial charge in [-0.1, -0.05) is 19.9 Å². The molecule has 1 saturated carbocycles. The Kier molecular flexibility index (Phi) is 3.45. The average Bonchev–Trinajstić information content (AvgIpc) is 3.17. The third-order valence-corrected chi connectivity index (χ3v) is 5.07. The number of nitrogens with zero attached hydrogens (tertiary/aromatic N) is 1. The molecule has 4 heteroatoms. The van der Waals surface area contributed by atoms with Crippen LogP contribution in [-0.2, 0) is 9.31 Å². The molecule has 0 N–H and O–H groups in total. The topological polar surface area (TPSA) is 31.4 Å². The molecule has 2 fully saturated rings. The van der Waals surface area contributed by atoms with E-state index in [1.54, 1.807) is 0 Å². The Balaban J connectivity index is 1.98. The average molecular weight is 287 g/mol. The van der Waals surface area contributed by atoms with Crippen LogP contribution in [0.2, 0.25) is 0 Å². The largest absolute Gasteiger partial charge is 0.496 e. The summed E-state index contributed by atoms with van der Waals surface area (Å²) in [5.41, 5.74) is 2.94. The zero-order valence-corrected chi connectivity index (χ0v) is 14.1. The third-order valence-electron chi connectivity index (χ3n) is 5.07. The molecule has 3 rings (SSSR count). The highest BCUT2D eigenvalue weighted by Gasteiger charge is 2.52. The molecule has 2 aliphatic rings. The van der Waals surface area contributed by atoms with Crippen LogP contribution >= 0.6 is 0 Å². The number of hydrogen-bond donors (Lipinski definition) is 0. The summed E-state index contributed by atoms with van der Waals surface area (Å²) in [6, 6.07) is 2.27. The van der Waals surface area contributed by atoms with Crippen LogP contribution in [0.15, 0.2) is 12.3 Å². The summed E-state index contributed by atoms with van der Waals surface area (Å²) in [4.78, 5) is 4.72. The number of rotatable bonds is 3. The van der Waals surface area contributed by atoms with Crippen molar-refractivity contribution in [3.05, 3.63) is 23.5 Å². The van der Waals surface area contributed by atoms with Crippen molar-refractivity contribution in [1.82, 2.24) is 4.98 Å². The molecule has 0 atom stereocenters. The molecule has 0 aromatic carbocycles. The Morgan fingerprint density at radius 1 is 1.14 bits per heavy atom. The summed E-state index contributed by atoms with van der Waals surface area (Å²) in [6.07, 6.45) is 4.61. The first-order valence-electron chi connectivity index (χ1n) is 8.06. The van der Waals surface area contributed by atoms with Crippen LogP contribution in [0.5, 0.6) is 0 Å². The SMILES string of the molecule is CC(C)c1ncc(C2CC2)cc1B1OC(C)(C)C(C)(C)O1. The minimum Gasteiger partial charge on any atom is -0.399 e. The van der Waals surface area contributed by atoms with E-state index in [0.29, 0.717) is 11.8 Å². The fourth-order valence-corrected chi connectivity index (χ4v) is 2.79. The van der Waals surface area contributed by atoms with Crippen molar-refractivity contribution >= 4 is 12.6 Å². The van der Waals surface area contributed by atoms with Gasteiger partial charge in [0.2, 0.25) is 0 Å². The first-order chi connectivity index (χ1) is 9.71. The molecule has 1 aromatic heterocycles. The van der Waals surface area contributed by atoms with E-state index in [0.717, 1.165) is 11.2 Å². The van der Waals surface area contributed by atoms with Gasteiger partial charge in [0.15, 0.2) is 0 Å². The Morgan fingerprint density at radius 3 is 2.19 bits per heavy atom. The normalized spacial score (nSPS) is 23.9. The van der Waals surface area contributed by atoms with Gasteiger partial charge in [-0.15, -0.1) is 0 Å². The predicted molar refractivity (Wildman–Crippen MR) is 86.0 cm³/mol. The van der Waals surface area contributed by atoms with Gasteiger partial charge in [0.05, 0.1) is 11.2 Å². The molecule has 0 spiro atoms. The Hall–Kier alpha value is -0.865. The van der Waals surface area contributed by atoms with Gasteiger partial charge in [-0.3, -0.25) is 4.98 Å². The van der Waals surface area contributed by atoms with Crippen molar-refractivity contribution in [2.24, 2.45) is 0 Å². The van der Waals surface area contributed by atoms with Crippen molar-refractivity contribution in [3.63, 3.8) is 0 Å². The molecule has 21 heavy (non-hydrogen) atoms. The Bertz CT molecular complexity index is 534. The van der Waals surface area contributed by atoms with Crippen molar-refractivity contribution in [1.29, 1.82) is 0 Å². The first kappa shape index (κ1) is 15.0. The molecule has 0 radical (unpaired) electrons. The minimum atomic E-state index is -0.307. The first-order valence-corrected chi connectivity index (χ1v) is 8.06. The molecule has 0 amide bonds. The highest BCUT2D eigenvalue weighted by Crippen LogP contribution is 2.41. The summed E-state index contributed by atoms with van der Waals surface area (Å²) >= 11 is 0. The zero-order chi connectivity index (χ0) is 15.4. The van der Waals surface area contributed by atoms with Gasteiger partial charge in [0, 0.05) is 17.4 Å². The third kappa shape index (κ3) is 2.64. The van der Waals surface area contributed by atoms with Gasteiger partial charge in [0.1, 0.15) is 0 Å². The fraction of sp³-hybridized carbons (Fsp3) is 0.706. The molecule has 3 nitrogen and oxygen atoms in total. The molecule has 2 heterocycles. The minimum absolute atomic E-state index is 0.304. The zero-order valence-electron chi connectivity index (χ0n) is 14.1. The van der Waals surface area contributed by atoms with Crippen molar-refractivity contribution in [2.75, 3.05) is 0 Å². The van der Waals surface area contributed by atoms with Gasteiger partial charge in [-0.05, 0) is 57.9 Å². The van der Waals surface area contributed by atoms with Gasteiger partial charge < -0.3 is 9.31 Å². The van der Waals surface area contributed by atoms with Gasteiger partial charge >= 0.3 is 7.12 Å². The summed E-state index contributed by atoms with van der Waals surface area (Å²) < 4.78 is 12.5. The van der Waals surface area contributed by atoms with Gasteiger partial charge in [-0.2, -0.15) is 0 Å². The van der Waals surface area contributed by atoms with Gasteiger partial charge in [0.25, 0.3) is 0 Å². The maximum atomic E-state index is 6.23. The van der Waals surface area contributed by atoms with E-state index in [-0.39, 0.29) is 18.3 Å². The molecule has 1 aliphatic carbocycles. The van der Waals surface area contributed by atoms with Crippen LogP contribution < -0.4 is 5.46 Å².